The predicted octanol–water partition coefficient (Wildman–Crippen LogP) is 2.34. The fourth-order valence-electron chi connectivity index (χ4n) is 1.56. The molecule has 0 radical (unpaired) electrons. The van der Waals surface area contributed by atoms with Gasteiger partial charge >= 0.3 is 0 Å². The number of hydrogen-bond donors (Lipinski definition) is 3. The molecule has 1 aromatic carbocycles. The fraction of sp³-hybridized carbons (Fsp3) is 0. The summed E-state index contributed by atoms with van der Waals surface area (Å²) in [6.07, 6.45) is 2.97. The average Bonchev–Trinajstić information content (AvgIpc) is 2.53. The summed E-state index contributed by atoms with van der Waals surface area (Å²) in [5, 5.41) is 2.92. The van der Waals surface area contributed by atoms with Gasteiger partial charge in [-0.05, 0) is 42.5 Å². The van der Waals surface area contributed by atoms with E-state index in [2.05, 4.69) is 21.2 Å². The van der Waals surface area contributed by atoms with Crippen LogP contribution in [0.4, 0.5) is 0 Å². The molecular weight excluding hydrogens is 359 g/mol. The maximum atomic E-state index is 12.0. The number of halogens is 2. The summed E-state index contributed by atoms with van der Waals surface area (Å²) in [5.41, 5.74) is 5.38. The summed E-state index contributed by atoms with van der Waals surface area (Å²) in [6.45, 7) is 0. The minimum atomic E-state index is -0.526. The Balaban J connectivity index is 1.89. The molecule has 0 saturated carbocycles. The molecule has 0 unspecified atom stereocenters. The van der Waals surface area contributed by atoms with Crippen molar-refractivity contribution in [1.82, 2.24) is 21.2 Å². The van der Waals surface area contributed by atoms with Crippen molar-refractivity contribution in [3.63, 3.8) is 0 Å². The van der Waals surface area contributed by atoms with E-state index in [1.165, 1.54) is 42.7 Å². The van der Waals surface area contributed by atoms with Crippen LogP contribution in [0.5, 0.6) is 0 Å². The quantitative estimate of drug-likeness (QED) is 0.559. The number of benzene rings is 1. The van der Waals surface area contributed by atoms with Gasteiger partial charge in [-0.3, -0.25) is 30.7 Å². The topological polar surface area (TPSA) is 83.1 Å². The smallest absolute Gasteiger partial charge is 0.269 e. The van der Waals surface area contributed by atoms with E-state index in [0.717, 1.165) is 0 Å². The first-order valence-corrected chi connectivity index (χ1v) is 7.40. The molecule has 0 fully saturated rings. The maximum Gasteiger partial charge on any atom is 0.269 e. The Morgan fingerprint density at radius 1 is 1.00 bits per heavy atom. The van der Waals surface area contributed by atoms with Crippen molar-refractivity contribution in [1.29, 1.82) is 0 Å². The van der Waals surface area contributed by atoms with E-state index < -0.39 is 11.8 Å². The van der Waals surface area contributed by atoms with Crippen molar-refractivity contribution in [3.8, 4) is 0 Å². The van der Waals surface area contributed by atoms with Gasteiger partial charge in [-0.15, -0.1) is 0 Å². The Hall–Kier alpha value is -2.22. The zero-order chi connectivity index (χ0) is 16.8. The molecule has 3 N–H and O–H groups in total. The second kappa shape index (κ2) is 7.87. The van der Waals surface area contributed by atoms with E-state index in [-0.39, 0.29) is 15.7 Å². The first-order valence-electron chi connectivity index (χ1n) is 6.24. The summed E-state index contributed by atoms with van der Waals surface area (Å²) in [4.78, 5) is 27.6. The van der Waals surface area contributed by atoms with Gasteiger partial charge in [-0.25, -0.2) is 0 Å². The Bertz CT molecular complexity index is 756. The largest absolute Gasteiger partial charge is 0.298 e. The number of carbonyl (C=O) groups is 2. The second-order valence-corrected chi connectivity index (χ2v) is 5.47. The van der Waals surface area contributed by atoms with Crippen molar-refractivity contribution in [2.75, 3.05) is 0 Å². The number of nitrogens with one attached hydrogen (secondary N) is 3. The molecule has 1 heterocycles. The molecule has 0 aliphatic rings. The SMILES string of the molecule is O=C(NNC(=S)NC(=O)c1ccc(Cl)cc1Cl)c1ccncc1. The highest BCUT2D eigenvalue weighted by atomic mass is 35.5. The lowest BCUT2D eigenvalue weighted by molar-refractivity contribution is 0.0934. The minimum absolute atomic E-state index is 0.0802. The van der Waals surface area contributed by atoms with E-state index in [0.29, 0.717) is 10.6 Å². The molecule has 0 aliphatic heterocycles. The van der Waals surface area contributed by atoms with E-state index in [4.69, 9.17) is 35.4 Å². The molecule has 2 rings (SSSR count). The van der Waals surface area contributed by atoms with Crippen molar-refractivity contribution >= 4 is 52.3 Å². The van der Waals surface area contributed by atoms with Crippen LogP contribution in [0.2, 0.25) is 10.0 Å². The van der Waals surface area contributed by atoms with Gasteiger partial charge in [0.15, 0.2) is 5.11 Å². The van der Waals surface area contributed by atoms with Crippen LogP contribution in [-0.2, 0) is 0 Å². The van der Waals surface area contributed by atoms with Gasteiger partial charge in [0.2, 0.25) is 0 Å². The number of aromatic nitrogens is 1. The maximum absolute atomic E-state index is 12.0. The molecule has 2 amide bonds. The highest BCUT2D eigenvalue weighted by molar-refractivity contribution is 7.80. The second-order valence-electron chi connectivity index (χ2n) is 4.22. The van der Waals surface area contributed by atoms with Gasteiger partial charge in [0.05, 0.1) is 10.6 Å². The van der Waals surface area contributed by atoms with Gasteiger partial charge in [0.1, 0.15) is 0 Å². The van der Waals surface area contributed by atoms with Crippen LogP contribution in [0.15, 0.2) is 42.7 Å². The summed E-state index contributed by atoms with van der Waals surface area (Å²) < 4.78 is 0. The van der Waals surface area contributed by atoms with E-state index >= 15 is 0 Å². The molecule has 0 bridgehead atoms. The lowest BCUT2D eigenvalue weighted by atomic mass is 10.2. The highest BCUT2D eigenvalue weighted by Crippen LogP contribution is 2.20. The predicted molar refractivity (Wildman–Crippen MR) is 91.4 cm³/mol. The number of hydrazine groups is 1. The Kier molecular flexibility index (Phi) is 5.86. The molecule has 6 nitrogen and oxygen atoms in total. The molecule has 0 aliphatic carbocycles. The van der Waals surface area contributed by atoms with Gasteiger partial charge in [-0.2, -0.15) is 0 Å². The highest BCUT2D eigenvalue weighted by Gasteiger charge is 2.12. The van der Waals surface area contributed by atoms with Gasteiger partial charge < -0.3 is 0 Å². The zero-order valence-electron chi connectivity index (χ0n) is 11.5. The summed E-state index contributed by atoms with van der Waals surface area (Å²) >= 11 is 16.6. The molecule has 1 aromatic heterocycles. The lowest BCUT2D eigenvalue weighted by Gasteiger charge is -2.11. The number of amides is 2. The van der Waals surface area contributed by atoms with E-state index in [1.54, 1.807) is 0 Å². The Labute approximate surface area is 147 Å². The minimum Gasteiger partial charge on any atom is -0.298 e. The number of thiocarbonyl (C=S) groups is 1. The van der Waals surface area contributed by atoms with Crippen LogP contribution in [-0.4, -0.2) is 21.9 Å². The van der Waals surface area contributed by atoms with E-state index in [1.807, 2.05) is 0 Å². The molecular formula is C14H10Cl2N4O2S. The number of pyridine rings is 1. The summed E-state index contributed by atoms with van der Waals surface area (Å²) in [6, 6.07) is 7.51. The van der Waals surface area contributed by atoms with Crippen LogP contribution in [0.25, 0.3) is 0 Å². The number of nitrogens with zero attached hydrogens (tertiary/aromatic N) is 1. The van der Waals surface area contributed by atoms with Crippen molar-refractivity contribution in [3.05, 3.63) is 63.9 Å². The van der Waals surface area contributed by atoms with Crippen molar-refractivity contribution < 1.29 is 9.59 Å². The number of carbonyl (C=O) groups excluding carboxylic acids is 2. The van der Waals surface area contributed by atoms with Crippen molar-refractivity contribution in [2.24, 2.45) is 0 Å². The van der Waals surface area contributed by atoms with Crippen LogP contribution in [0.1, 0.15) is 20.7 Å². The third-order valence-corrected chi connectivity index (χ3v) is 3.39. The third kappa shape index (κ3) is 4.88. The molecule has 9 heteroatoms. The van der Waals surface area contributed by atoms with Crippen molar-refractivity contribution in [2.45, 2.75) is 0 Å². The first-order chi connectivity index (χ1) is 11.0. The summed E-state index contributed by atoms with van der Waals surface area (Å²) in [5.74, 6) is -0.948. The van der Waals surface area contributed by atoms with Gasteiger partial charge in [-0.1, -0.05) is 23.2 Å². The first kappa shape index (κ1) is 17.1. The molecule has 0 spiro atoms. The van der Waals surface area contributed by atoms with Gasteiger partial charge in [0.25, 0.3) is 11.8 Å². The van der Waals surface area contributed by atoms with Gasteiger partial charge in [0, 0.05) is 23.0 Å². The standard InChI is InChI=1S/C14H10Cl2N4O2S/c15-9-1-2-10(11(16)7-9)13(22)18-14(23)20-19-12(21)8-3-5-17-6-4-8/h1-7H,(H,19,21)(H2,18,20,22,23). The normalized spacial score (nSPS) is 9.83. The third-order valence-electron chi connectivity index (χ3n) is 2.63. The molecule has 23 heavy (non-hydrogen) atoms. The molecule has 0 saturated heterocycles. The molecule has 118 valence electrons. The number of rotatable bonds is 2. The lowest BCUT2D eigenvalue weighted by Crippen LogP contribution is -2.48. The van der Waals surface area contributed by atoms with Crippen LogP contribution in [0.3, 0.4) is 0 Å². The fourth-order valence-corrected chi connectivity index (χ4v) is 2.20. The number of hydrogen-bond acceptors (Lipinski definition) is 4. The zero-order valence-corrected chi connectivity index (χ0v) is 13.8. The summed E-state index contributed by atoms with van der Waals surface area (Å²) in [7, 11) is 0. The van der Waals surface area contributed by atoms with Crippen LogP contribution >= 0.6 is 35.4 Å². The Morgan fingerprint density at radius 3 is 2.35 bits per heavy atom. The average molecular weight is 369 g/mol. The Morgan fingerprint density at radius 2 is 1.70 bits per heavy atom. The van der Waals surface area contributed by atoms with E-state index in [9.17, 15) is 9.59 Å². The molecule has 2 aromatic rings. The molecule has 0 atom stereocenters. The van der Waals surface area contributed by atoms with Crippen LogP contribution < -0.4 is 16.2 Å². The van der Waals surface area contributed by atoms with Crippen LogP contribution in [0, 0.1) is 0 Å². The monoisotopic (exact) mass is 368 g/mol.